The number of benzene rings is 2. The minimum atomic E-state index is -1.68. The third-order valence-electron chi connectivity index (χ3n) is 5.65. The molecule has 2 heterocycles. The first-order valence-electron chi connectivity index (χ1n) is 10.4. The van der Waals surface area contributed by atoms with Gasteiger partial charge in [0.1, 0.15) is 52.6 Å². The van der Waals surface area contributed by atoms with Gasteiger partial charge in [0.15, 0.2) is 16.9 Å². The van der Waals surface area contributed by atoms with Crippen molar-refractivity contribution in [3.63, 3.8) is 0 Å². The second kappa shape index (κ2) is 9.60. The number of aliphatic hydroxyl groups excluding tert-OH is 4. The molecule has 1 fully saturated rings. The lowest BCUT2D eigenvalue weighted by atomic mass is 9.99. The smallest absolute Gasteiger partial charge is 0.229 e. The lowest BCUT2D eigenvalue weighted by Gasteiger charge is -2.39. The van der Waals surface area contributed by atoms with Gasteiger partial charge in [-0.15, -0.1) is 0 Å². The Morgan fingerprint density at radius 2 is 1.57 bits per heavy atom. The van der Waals surface area contributed by atoms with Gasteiger partial charge in [-0.25, -0.2) is 0 Å². The van der Waals surface area contributed by atoms with E-state index in [2.05, 4.69) is 0 Å². The molecule has 2 aromatic carbocycles. The van der Waals surface area contributed by atoms with Crippen LogP contribution in [0.3, 0.4) is 0 Å². The molecule has 35 heavy (non-hydrogen) atoms. The van der Waals surface area contributed by atoms with Crippen LogP contribution >= 0.6 is 0 Å². The van der Waals surface area contributed by atoms with Crippen molar-refractivity contribution in [3.05, 3.63) is 40.6 Å². The highest BCUT2D eigenvalue weighted by Gasteiger charge is 2.44. The van der Waals surface area contributed by atoms with Crippen molar-refractivity contribution in [1.29, 1.82) is 0 Å². The molecule has 6 N–H and O–H groups in total. The molecular weight excluding hydrogens is 468 g/mol. The highest BCUT2D eigenvalue weighted by atomic mass is 16.7. The van der Waals surface area contributed by atoms with E-state index in [1.54, 1.807) is 0 Å². The molecule has 4 rings (SSSR count). The lowest BCUT2D eigenvalue weighted by molar-refractivity contribution is -0.277. The number of fused-ring (bicyclic) bond motifs is 1. The average molecular weight is 492 g/mol. The molecule has 0 aliphatic carbocycles. The summed E-state index contributed by atoms with van der Waals surface area (Å²) in [5, 5.41) is 59.8. The largest absolute Gasteiger partial charge is 0.507 e. The topological polar surface area (TPSA) is 189 Å². The third-order valence-corrected chi connectivity index (χ3v) is 5.65. The van der Waals surface area contributed by atoms with E-state index in [9.17, 15) is 35.4 Å². The van der Waals surface area contributed by atoms with E-state index >= 15 is 0 Å². The van der Waals surface area contributed by atoms with Crippen LogP contribution in [-0.2, 0) is 4.74 Å². The van der Waals surface area contributed by atoms with E-state index < -0.39 is 48.5 Å². The predicted molar refractivity (Wildman–Crippen MR) is 119 cm³/mol. The number of rotatable bonds is 6. The van der Waals surface area contributed by atoms with Crippen LogP contribution in [0.25, 0.3) is 22.3 Å². The van der Waals surface area contributed by atoms with E-state index in [0.29, 0.717) is 5.56 Å². The Hall–Kier alpha value is -3.55. The quantitative estimate of drug-likeness (QED) is 0.272. The van der Waals surface area contributed by atoms with Crippen molar-refractivity contribution in [3.8, 4) is 40.1 Å². The van der Waals surface area contributed by atoms with Gasteiger partial charge in [-0.1, -0.05) is 0 Å². The van der Waals surface area contributed by atoms with Crippen LogP contribution in [0.4, 0.5) is 0 Å². The van der Waals surface area contributed by atoms with Crippen LogP contribution in [0.2, 0.25) is 0 Å². The normalized spacial score (nSPS) is 24.3. The summed E-state index contributed by atoms with van der Waals surface area (Å²) in [7, 11) is 2.69. The summed E-state index contributed by atoms with van der Waals surface area (Å²) in [6, 6.07) is 6.35. The van der Waals surface area contributed by atoms with Gasteiger partial charge >= 0.3 is 0 Å². The van der Waals surface area contributed by atoms with Crippen molar-refractivity contribution >= 4 is 11.0 Å². The predicted octanol–water partition coefficient (Wildman–Crippen LogP) is 0.0671. The van der Waals surface area contributed by atoms with E-state index in [4.69, 9.17) is 23.4 Å². The number of phenolic OH excluding ortho intramolecular Hbond substituents is 2. The molecule has 0 saturated carbocycles. The molecule has 5 atom stereocenters. The summed E-state index contributed by atoms with van der Waals surface area (Å²) < 4.78 is 26.9. The minimum Gasteiger partial charge on any atom is -0.507 e. The van der Waals surface area contributed by atoms with E-state index in [0.717, 1.165) is 12.1 Å². The van der Waals surface area contributed by atoms with Crippen molar-refractivity contribution in [2.24, 2.45) is 0 Å². The van der Waals surface area contributed by atoms with E-state index in [1.165, 1.54) is 32.4 Å². The highest BCUT2D eigenvalue weighted by Crippen LogP contribution is 2.41. The Balaban J connectivity index is 1.75. The van der Waals surface area contributed by atoms with Crippen LogP contribution < -0.4 is 19.6 Å². The first kappa shape index (κ1) is 24.6. The maximum atomic E-state index is 12.8. The maximum absolute atomic E-state index is 12.8. The molecule has 1 aliphatic rings. The molecule has 0 radical (unpaired) electrons. The van der Waals surface area contributed by atoms with Crippen LogP contribution in [-0.4, -0.2) is 82.2 Å². The number of aliphatic hydroxyl groups is 4. The van der Waals surface area contributed by atoms with Gasteiger partial charge in [0, 0.05) is 23.8 Å². The highest BCUT2D eigenvalue weighted by molar-refractivity contribution is 5.86. The Labute approximate surface area is 197 Å². The SMILES string of the molecule is COc1cc(-c2cc(=O)c3c(O)cc(O[C@H]4O[C@H](CO)[C@H](O)[C@@H](O)[C@H]4O)cc3o2)cc(OC)c1O. The number of methoxy groups -OCH3 is 2. The standard InChI is InChI=1S/C23H24O12/c1-31-15-3-9(4-16(32-2)19(15)27)13-7-12(26)18-11(25)5-10(6-14(18)34-13)33-23-22(30)21(29)20(28)17(8-24)35-23/h3-7,17,20-25,27-30H,8H2,1-2H3/t17-,20+,21-,22-,23+/m1/s1. The zero-order valence-electron chi connectivity index (χ0n) is 18.6. The number of aromatic hydroxyl groups is 2. The molecule has 1 aromatic heterocycles. The molecular formula is C23H24O12. The van der Waals surface area contributed by atoms with Gasteiger partial charge < -0.3 is 54.0 Å². The summed E-state index contributed by atoms with van der Waals surface area (Å²) in [6.07, 6.45) is -7.62. The average Bonchev–Trinajstić information content (AvgIpc) is 2.84. The fourth-order valence-corrected chi connectivity index (χ4v) is 3.79. The Morgan fingerprint density at radius 1 is 0.914 bits per heavy atom. The number of ether oxygens (including phenoxy) is 4. The fourth-order valence-electron chi connectivity index (χ4n) is 3.79. The maximum Gasteiger partial charge on any atom is 0.229 e. The van der Waals surface area contributed by atoms with Crippen molar-refractivity contribution in [2.75, 3.05) is 20.8 Å². The molecule has 12 heteroatoms. The van der Waals surface area contributed by atoms with Gasteiger partial charge in [-0.05, 0) is 12.1 Å². The molecule has 0 bridgehead atoms. The van der Waals surface area contributed by atoms with Gasteiger partial charge in [0.05, 0.1) is 20.8 Å². The Morgan fingerprint density at radius 3 is 2.17 bits per heavy atom. The van der Waals surface area contributed by atoms with Crippen molar-refractivity contribution in [2.45, 2.75) is 30.7 Å². The zero-order chi connectivity index (χ0) is 25.4. The van der Waals surface area contributed by atoms with Crippen molar-refractivity contribution < 1.29 is 54.0 Å². The molecule has 0 unspecified atom stereocenters. The molecule has 0 amide bonds. The number of hydrogen-bond donors (Lipinski definition) is 6. The van der Waals surface area contributed by atoms with Gasteiger partial charge in [-0.3, -0.25) is 4.79 Å². The second-order valence-electron chi connectivity index (χ2n) is 7.83. The second-order valence-corrected chi connectivity index (χ2v) is 7.83. The van der Waals surface area contributed by atoms with E-state index in [1.807, 2.05) is 0 Å². The van der Waals surface area contributed by atoms with Crippen LogP contribution in [0.5, 0.6) is 28.7 Å². The van der Waals surface area contributed by atoms with E-state index in [-0.39, 0.29) is 39.7 Å². The number of phenols is 2. The lowest BCUT2D eigenvalue weighted by Crippen LogP contribution is -2.60. The summed E-state index contributed by atoms with van der Waals surface area (Å²) in [4.78, 5) is 12.8. The zero-order valence-corrected chi connectivity index (χ0v) is 18.6. The summed E-state index contributed by atoms with van der Waals surface area (Å²) in [5.41, 5.74) is -0.336. The number of hydrogen-bond acceptors (Lipinski definition) is 12. The van der Waals surface area contributed by atoms with Crippen LogP contribution in [0.1, 0.15) is 0 Å². The van der Waals surface area contributed by atoms with Gasteiger partial charge in [0.25, 0.3) is 0 Å². The first-order valence-corrected chi connectivity index (χ1v) is 10.4. The third kappa shape index (κ3) is 4.45. The van der Waals surface area contributed by atoms with Crippen LogP contribution in [0, 0.1) is 0 Å². The molecule has 188 valence electrons. The molecule has 12 nitrogen and oxygen atoms in total. The van der Waals surface area contributed by atoms with Gasteiger partial charge in [-0.2, -0.15) is 0 Å². The van der Waals surface area contributed by atoms with Gasteiger partial charge in [0.2, 0.25) is 12.0 Å². The molecule has 3 aromatic rings. The Bertz CT molecular complexity index is 1260. The Kier molecular flexibility index (Phi) is 6.74. The summed E-state index contributed by atoms with van der Waals surface area (Å²) in [5.74, 6) is -0.615. The first-order chi connectivity index (χ1) is 16.7. The summed E-state index contributed by atoms with van der Waals surface area (Å²) >= 11 is 0. The monoisotopic (exact) mass is 492 g/mol. The van der Waals surface area contributed by atoms with Crippen LogP contribution in [0.15, 0.2) is 39.5 Å². The molecule has 0 spiro atoms. The fraction of sp³-hybridized carbons (Fsp3) is 0.348. The minimum absolute atomic E-state index is 0.0588. The molecule has 1 saturated heterocycles. The van der Waals surface area contributed by atoms with Crippen molar-refractivity contribution in [1.82, 2.24) is 0 Å². The molecule has 1 aliphatic heterocycles. The summed E-state index contributed by atoms with van der Waals surface area (Å²) in [6.45, 7) is -0.647.